The van der Waals surface area contributed by atoms with Crippen molar-refractivity contribution in [3.63, 3.8) is 0 Å². The van der Waals surface area contributed by atoms with Crippen LogP contribution in [-0.4, -0.2) is 48.8 Å². The normalized spacial score (nSPS) is 11.0. The molecule has 162 valence electrons. The summed E-state index contributed by atoms with van der Waals surface area (Å²) in [7, 11) is 4.13. The highest BCUT2D eigenvalue weighted by Crippen LogP contribution is 2.28. The molecule has 0 spiro atoms. The molecule has 2 rings (SSSR count). The number of rotatable bonds is 10. The molecule has 0 bridgehead atoms. The van der Waals surface area contributed by atoms with Crippen molar-refractivity contribution in [2.45, 2.75) is 33.7 Å². The first-order chi connectivity index (χ1) is 13.6. The van der Waals surface area contributed by atoms with Crippen LogP contribution >= 0.6 is 24.0 Å². The fourth-order valence-corrected chi connectivity index (χ4v) is 2.99. The largest absolute Gasteiger partial charge is 0.490 e. The van der Waals surface area contributed by atoms with Crippen molar-refractivity contribution >= 4 is 29.9 Å². The predicted molar refractivity (Wildman–Crippen MR) is 131 cm³/mol. The molecule has 0 saturated carbocycles. The van der Waals surface area contributed by atoms with Crippen molar-refractivity contribution in [2.75, 3.05) is 33.4 Å². The van der Waals surface area contributed by atoms with E-state index in [2.05, 4.69) is 66.3 Å². The van der Waals surface area contributed by atoms with E-state index in [1.165, 1.54) is 11.3 Å². The second kappa shape index (κ2) is 13.3. The summed E-state index contributed by atoms with van der Waals surface area (Å²) in [5.41, 5.74) is 2.44. The number of hydrogen-bond acceptors (Lipinski definition) is 3. The average molecular weight is 514 g/mol. The van der Waals surface area contributed by atoms with E-state index in [-0.39, 0.29) is 24.0 Å². The lowest BCUT2D eigenvalue weighted by Gasteiger charge is -2.22. The number of aromatic nitrogens is 1. The molecule has 29 heavy (non-hydrogen) atoms. The number of hydrogen-bond donors (Lipinski definition) is 1. The van der Waals surface area contributed by atoms with Gasteiger partial charge in [0, 0.05) is 39.1 Å². The summed E-state index contributed by atoms with van der Waals surface area (Å²) in [6.45, 7) is 9.66. The zero-order chi connectivity index (χ0) is 20.4. The number of aryl methyl sites for hydroxylation is 1. The van der Waals surface area contributed by atoms with Gasteiger partial charge in [0.2, 0.25) is 0 Å². The van der Waals surface area contributed by atoms with Crippen LogP contribution in [0, 0.1) is 0 Å². The molecule has 2 aromatic rings. The van der Waals surface area contributed by atoms with Gasteiger partial charge in [0.25, 0.3) is 0 Å². The van der Waals surface area contributed by atoms with Crippen molar-refractivity contribution in [3.05, 3.63) is 47.8 Å². The quantitative estimate of drug-likeness (QED) is 0.295. The van der Waals surface area contributed by atoms with E-state index in [1.54, 1.807) is 0 Å². The van der Waals surface area contributed by atoms with E-state index >= 15 is 0 Å². The maximum atomic E-state index is 5.72. The Morgan fingerprint density at radius 1 is 1.10 bits per heavy atom. The lowest BCUT2D eigenvalue weighted by Crippen LogP contribution is -2.39. The van der Waals surface area contributed by atoms with Gasteiger partial charge in [0.15, 0.2) is 17.5 Å². The monoisotopic (exact) mass is 514 g/mol. The molecule has 1 heterocycles. The number of aliphatic imine (C=N–C) groups is 1. The third-order valence-electron chi connectivity index (χ3n) is 4.42. The molecular formula is C22H35IN4O2. The molecule has 0 saturated heterocycles. The van der Waals surface area contributed by atoms with Crippen LogP contribution in [-0.2, 0) is 20.0 Å². The highest BCUT2D eigenvalue weighted by Gasteiger charge is 2.09. The number of nitrogens with one attached hydrogen (secondary N) is 1. The van der Waals surface area contributed by atoms with E-state index in [4.69, 9.17) is 14.5 Å². The Balaban J connectivity index is 0.00000420. The molecule has 0 unspecified atom stereocenters. The van der Waals surface area contributed by atoms with Gasteiger partial charge >= 0.3 is 0 Å². The number of ether oxygens (including phenoxy) is 2. The lowest BCUT2D eigenvalue weighted by atomic mass is 10.1. The minimum atomic E-state index is 0. The van der Waals surface area contributed by atoms with Crippen LogP contribution in [0.4, 0.5) is 0 Å². The van der Waals surface area contributed by atoms with Crippen LogP contribution in [0.2, 0.25) is 0 Å². The highest BCUT2D eigenvalue weighted by atomic mass is 127. The first kappa shape index (κ1) is 25.1. The van der Waals surface area contributed by atoms with E-state index in [0.29, 0.717) is 19.8 Å². The smallest absolute Gasteiger partial charge is 0.194 e. The van der Waals surface area contributed by atoms with Crippen molar-refractivity contribution in [1.82, 2.24) is 14.8 Å². The van der Waals surface area contributed by atoms with Crippen LogP contribution in [0.15, 0.2) is 41.5 Å². The van der Waals surface area contributed by atoms with E-state index in [1.807, 2.05) is 19.9 Å². The molecule has 0 atom stereocenters. The van der Waals surface area contributed by atoms with E-state index in [0.717, 1.165) is 37.0 Å². The zero-order valence-electron chi connectivity index (χ0n) is 18.3. The molecule has 0 aliphatic rings. The van der Waals surface area contributed by atoms with Crippen LogP contribution < -0.4 is 14.8 Å². The van der Waals surface area contributed by atoms with Crippen LogP contribution in [0.25, 0.3) is 0 Å². The van der Waals surface area contributed by atoms with E-state index < -0.39 is 0 Å². The Bertz CT molecular complexity index is 761. The standard InChI is InChI=1S/C22H34N4O2.HI/c1-6-23-22(26(5)17-19-10-9-15-25(19)4)24-14-13-18-11-12-20(27-7-2)21(16-18)28-8-3;/h9-12,15-16H,6-8,13-14,17H2,1-5H3,(H,23,24);1H. The summed E-state index contributed by atoms with van der Waals surface area (Å²) in [5.74, 6) is 2.52. The van der Waals surface area contributed by atoms with Crippen LogP contribution in [0.5, 0.6) is 11.5 Å². The molecule has 1 aromatic carbocycles. The molecule has 0 fully saturated rings. The maximum Gasteiger partial charge on any atom is 0.194 e. The topological polar surface area (TPSA) is 51.0 Å². The maximum absolute atomic E-state index is 5.72. The Hall–Kier alpha value is -1.90. The number of halogens is 1. The number of guanidine groups is 1. The Kier molecular flexibility index (Phi) is 11.6. The first-order valence-corrected chi connectivity index (χ1v) is 10.1. The minimum absolute atomic E-state index is 0. The van der Waals surface area contributed by atoms with Gasteiger partial charge in [0.05, 0.1) is 19.8 Å². The van der Waals surface area contributed by atoms with Gasteiger partial charge in [-0.25, -0.2) is 0 Å². The predicted octanol–water partition coefficient (Wildman–Crippen LogP) is 4.08. The van der Waals surface area contributed by atoms with Crippen LogP contribution in [0.3, 0.4) is 0 Å². The Morgan fingerprint density at radius 2 is 1.83 bits per heavy atom. The molecule has 0 radical (unpaired) electrons. The molecular weight excluding hydrogens is 479 g/mol. The zero-order valence-corrected chi connectivity index (χ0v) is 20.6. The summed E-state index contributed by atoms with van der Waals surface area (Å²) < 4.78 is 13.5. The average Bonchev–Trinajstić information content (AvgIpc) is 3.08. The third kappa shape index (κ3) is 7.79. The first-order valence-electron chi connectivity index (χ1n) is 10.1. The molecule has 0 aliphatic heterocycles. The second-order valence-electron chi connectivity index (χ2n) is 6.60. The van der Waals surface area contributed by atoms with Crippen molar-refractivity contribution in [3.8, 4) is 11.5 Å². The Morgan fingerprint density at radius 3 is 2.45 bits per heavy atom. The number of nitrogens with zero attached hydrogens (tertiary/aromatic N) is 3. The van der Waals surface area contributed by atoms with Gasteiger partial charge in [-0.3, -0.25) is 4.99 Å². The summed E-state index contributed by atoms with van der Waals surface area (Å²) in [5, 5.41) is 3.38. The summed E-state index contributed by atoms with van der Waals surface area (Å²) in [6.07, 6.45) is 2.91. The fraction of sp³-hybridized carbons (Fsp3) is 0.500. The molecule has 6 nitrogen and oxygen atoms in total. The van der Waals surface area contributed by atoms with Gasteiger partial charge in [-0.1, -0.05) is 6.07 Å². The molecule has 0 amide bonds. The fourth-order valence-electron chi connectivity index (χ4n) is 2.99. The van der Waals surface area contributed by atoms with Gasteiger partial charge in [-0.05, 0) is 57.0 Å². The SMILES string of the molecule is CCNC(=NCCc1ccc(OCC)c(OCC)c1)N(C)Cc1cccn1C.I. The summed E-state index contributed by atoms with van der Waals surface area (Å²) >= 11 is 0. The van der Waals surface area contributed by atoms with Gasteiger partial charge in [-0.2, -0.15) is 0 Å². The van der Waals surface area contributed by atoms with Crippen molar-refractivity contribution in [2.24, 2.45) is 12.0 Å². The summed E-state index contributed by atoms with van der Waals surface area (Å²) in [6, 6.07) is 10.3. The lowest BCUT2D eigenvalue weighted by molar-refractivity contribution is 0.287. The Labute approximate surface area is 192 Å². The van der Waals surface area contributed by atoms with Crippen molar-refractivity contribution < 1.29 is 9.47 Å². The van der Waals surface area contributed by atoms with Crippen LogP contribution in [0.1, 0.15) is 32.0 Å². The third-order valence-corrected chi connectivity index (χ3v) is 4.42. The molecule has 1 N–H and O–H groups in total. The number of benzene rings is 1. The highest BCUT2D eigenvalue weighted by molar-refractivity contribution is 14.0. The van der Waals surface area contributed by atoms with Gasteiger partial charge < -0.3 is 24.3 Å². The van der Waals surface area contributed by atoms with Gasteiger partial charge in [-0.15, -0.1) is 24.0 Å². The van der Waals surface area contributed by atoms with Crippen molar-refractivity contribution in [1.29, 1.82) is 0 Å². The second-order valence-corrected chi connectivity index (χ2v) is 6.60. The van der Waals surface area contributed by atoms with Gasteiger partial charge in [0.1, 0.15) is 0 Å². The summed E-state index contributed by atoms with van der Waals surface area (Å²) in [4.78, 5) is 6.96. The van der Waals surface area contributed by atoms with E-state index in [9.17, 15) is 0 Å². The molecule has 1 aromatic heterocycles. The molecule has 7 heteroatoms. The molecule has 0 aliphatic carbocycles. The minimum Gasteiger partial charge on any atom is -0.490 e.